The SMILES string of the molecule is COc1cc(/C=c2/sc3n(c2=O)N[C@]2(c4ccccc4)N(C)C(=O)N(C)[C@@]2(c2ccccc2)N=3)ccc1O. The van der Waals surface area contributed by atoms with Crippen LogP contribution in [0.25, 0.3) is 6.08 Å². The molecule has 4 aromatic rings. The Balaban J connectivity index is 1.67. The summed E-state index contributed by atoms with van der Waals surface area (Å²) >= 11 is 1.22. The lowest BCUT2D eigenvalue weighted by atomic mass is 9.80. The molecular formula is C28H25N5O4S. The highest BCUT2D eigenvalue weighted by molar-refractivity contribution is 7.07. The Morgan fingerprint density at radius 1 is 0.947 bits per heavy atom. The van der Waals surface area contributed by atoms with Gasteiger partial charge in [0.25, 0.3) is 5.56 Å². The Morgan fingerprint density at radius 3 is 2.26 bits per heavy atom. The van der Waals surface area contributed by atoms with Gasteiger partial charge in [-0.3, -0.25) is 20.0 Å². The molecule has 1 saturated heterocycles. The Labute approximate surface area is 222 Å². The van der Waals surface area contributed by atoms with Gasteiger partial charge in [-0.1, -0.05) is 78.1 Å². The first-order valence-electron chi connectivity index (χ1n) is 11.9. The zero-order valence-electron chi connectivity index (χ0n) is 21.0. The number of carbonyl (C=O) groups excluding carboxylic acids is 1. The average molecular weight is 528 g/mol. The number of carbonyl (C=O) groups is 1. The molecule has 0 radical (unpaired) electrons. The summed E-state index contributed by atoms with van der Waals surface area (Å²) in [6, 6.07) is 23.9. The molecule has 192 valence electrons. The van der Waals surface area contributed by atoms with Gasteiger partial charge in [-0.15, -0.1) is 0 Å². The maximum Gasteiger partial charge on any atom is 0.324 e. The van der Waals surface area contributed by atoms with Crippen LogP contribution in [0.3, 0.4) is 0 Å². The van der Waals surface area contributed by atoms with Crippen molar-refractivity contribution in [3.05, 3.63) is 115 Å². The number of thiazole rings is 1. The maximum absolute atomic E-state index is 13.7. The number of benzene rings is 3. The number of amides is 2. The Morgan fingerprint density at radius 2 is 1.61 bits per heavy atom. The molecule has 0 bridgehead atoms. The quantitative estimate of drug-likeness (QED) is 0.425. The van der Waals surface area contributed by atoms with Crippen LogP contribution < -0.4 is 25.1 Å². The van der Waals surface area contributed by atoms with E-state index in [2.05, 4.69) is 5.43 Å². The first-order valence-corrected chi connectivity index (χ1v) is 12.8. The molecule has 3 aromatic carbocycles. The molecule has 1 fully saturated rings. The van der Waals surface area contributed by atoms with E-state index in [0.717, 1.165) is 11.1 Å². The van der Waals surface area contributed by atoms with Gasteiger partial charge >= 0.3 is 6.03 Å². The van der Waals surface area contributed by atoms with Crippen molar-refractivity contribution in [2.45, 2.75) is 11.3 Å². The normalized spacial score (nSPS) is 22.5. The van der Waals surface area contributed by atoms with Gasteiger partial charge in [-0.05, 0) is 23.8 Å². The molecular weight excluding hydrogens is 502 g/mol. The van der Waals surface area contributed by atoms with Gasteiger partial charge in [-0.25, -0.2) is 9.79 Å². The van der Waals surface area contributed by atoms with Gasteiger partial charge in [0.05, 0.1) is 11.6 Å². The Hall–Kier alpha value is -4.57. The molecule has 2 N–H and O–H groups in total. The molecule has 2 aliphatic rings. The minimum atomic E-state index is -1.22. The van der Waals surface area contributed by atoms with E-state index in [1.165, 1.54) is 29.2 Å². The van der Waals surface area contributed by atoms with Gasteiger partial charge in [-0.2, -0.15) is 4.68 Å². The van der Waals surface area contributed by atoms with Crippen molar-refractivity contribution in [1.29, 1.82) is 0 Å². The molecule has 38 heavy (non-hydrogen) atoms. The number of hydrogen-bond donors (Lipinski definition) is 2. The molecule has 9 nitrogen and oxygen atoms in total. The number of nitrogens with zero attached hydrogens (tertiary/aromatic N) is 4. The van der Waals surface area contributed by atoms with E-state index in [0.29, 0.717) is 20.6 Å². The van der Waals surface area contributed by atoms with Crippen molar-refractivity contribution in [3.8, 4) is 11.5 Å². The van der Waals surface area contributed by atoms with Gasteiger partial charge < -0.3 is 9.84 Å². The molecule has 0 unspecified atom stereocenters. The molecule has 2 aliphatic heterocycles. The van der Waals surface area contributed by atoms with Gasteiger partial charge in [0.1, 0.15) is 0 Å². The van der Waals surface area contributed by atoms with E-state index in [1.54, 1.807) is 42.1 Å². The molecule has 3 heterocycles. The van der Waals surface area contributed by atoms with Crippen LogP contribution in [0.5, 0.6) is 11.5 Å². The average Bonchev–Trinajstić information content (AvgIpc) is 3.33. The van der Waals surface area contributed by atoms with Crippen molar-refractivity contribution in [3.63, 3.8) is 0 Å². The van der Waals surface area contributed by atoms with E-state index in [9.17, 15) is 14.7 Å². The molecule has 10 heteroatoms. The zero-order chi connectivity index (χ0) is 26.7. The number of ether oxygens (including phenoxy) is 1. The third-order valence-electron chi connectivity index (χ3n) is 7.27. The fraction of sp³-hybridized carbons (Fsp3) is 0.179. The summed E-state index contributed by atoms with van der Waals surface area (Å²) in [6.45, 7) is 0. The summed E-state index contributed by atoms with van der Waals surface area (Å²) < 4.78 is 7.08. The molecule has 0 spiro atoms. The second kappa shape index (κ2) is 8.49. The smallest absolute Gasteiger partial charge is 0.324 e. The number of aromatic hydroxyl groups is 1. The highest BCUT2D eigenvalue weighted by Gasteiger charge is 2.69. The largest absolute Gasteiger partial charge is 0.504 e. The molecule has 1 aromatic heterocycles. The highest BCUT2D eigenvalue weighted by Crippen LogP contribution is 2.53. The standard InChI is InChI=1S/C28H25N5O4S/c1-31-26(36)32(2)28(20-12-8-5-9-13-20)27(31,19-10-6-4-7-11-19)29-25-33(30-28)24(35)23(38-25)17-18-14-15-21(34)22(16-18)37-3/h4-17,30,34H,1-3H3/b23-17+/t27-,28-/m1/s1. The van der Waals surface area contributed by atoms with E-state index in [1.807, 2.05) is 60.7 Å². The second-order valence-electron chi connectivity index (χ2n) is 9.20. The van der Waals surface area contributed by atoms with E-state index in [4.69, 9.17) is 9.73 Å². The minimum Gasteiger partial charge on any atom is -0.504 e. The molecule has 6 rings (SSSR count). The van der Waals surface area contributed by atoms with E-state index in [-0.39, 0.29) is 17.3 Å². The number of likely N-dealkylation sites (N-methyl/N-ethyl adjacent to an activating group) is 2. The van der Waals surface area contributed by atoms with Crippen LogP contribution in [0.4, 0.5) is 4.79 Å². The number of fused-ring (bicyclic) bond motifs is 2. The minimum absolute atomic E-state index is 0.0154. The van der Waals surface area contributed by atoms with Crippen molar-refractivity contribution < 1.29 is 14.6 Å². The predicted molar refractivity (Wildman–Crippen MR) is 144 cm³/mol. The van der Waals surface area contributed by atoms with Crippen LogP contribution in [-0.2, 0) is 11.3 Å². The van der Waals surface area contributed by atoms with Crippen LogP contribution in [0.15, 0.2) is 88.6 Å². The van der Waals surface area contributed by atoms with Crippen LogP contribution >= 0.6 is 11.3 Å². The number of urea groups is 1. The highest BCUT2D eigenvalue weighted by atomic mass is 32.1. The number of methoxy groups -OCH3 is 1. The number of aromatic nitrogens is 1. The number of hydrogen-bond acceptors (Lipinski definition) is 7. The topological polar surface area (TPSA) is 99.4 Å². The number of phenols is 1. The summed E-state index contributed by atoms with van der Waals surface area (Å²) in [6.07, 6.45) is 1.73. The summed E-state index contributed by atoms with van der Waals surface area (Å²) in [5.74, 6) is 0.326. The monoisotopic (exact) mass is 527 g/mol. The lowest BCUT2D eigenvalue weighted by Gasteiger charge is -2.49. The number of nitrogens with one attached hydrogen (secondary N) is 1. The third kappa shape index (κ3) is 3.07. The molecule has 0 aliphatic carbocycles. The second-order valence-corrected chi connectivity index (χ2v) is 10.2. The van der Waals surface area contributed by atoms with Crippen molar-refractivity contribution in [1.82, 2.24) is 14.5 Å². The van der Waals surface area contributed by atoms with Crippen LogP contribution in [0.1, 0.15) is 16.7 Å². The number of phenolic OH excluding ortho intramolecular Hbond substituents is 1. The van der Waals surface area contributed by atoms with Gasteiger partial charge in [0.2, 0.25) is 16.1 Å². The van der Waals surface area contributed by atoms with Crippen molar-refractivity contribution in [2.75, 3.05) is 26.6 Å². The maximum atomic E-state index is 13.7. The summed E-state index contributed by atoms with van der Waals surface area (Å²) in [4.78, 5) is 36.2. The lowest BCUT2D eigenvalue weighted by Crippen LogP contribution is -2.67. The fourth-order valence-electron chi connectivity index (χ4n) is 5.45. The fourth-order valence-corrected chi connectivity index (χ4v) is 6.42. The molecule has 2 amide bonds. The van der Waals surface area contributed by atoms with E-state index < -0.39 is 11.3 Å². The Bertz CT molecular complexity index is 1740. The van der Waals surface area contributed by atoms with Crippen molar-refractivity contribution in [2.24, 2.45) is 4.99 Å². The summed E-state index contributed by atoms with van der Waals surface area (Å²) in [5, 5.41) is 9.96. The summed E-state index contributed by atoms with van der Waals surface area (Å²) in [5.41, 5.74) is 2.99. The molecule has 0 saturated carbocycles. The lowest BCUT2D eigenvalue weighted by molar-refractivity contribution is 0.0648. The third-order valence-corrected chi connectivity index (χ3v) is 8.24. The zero-order valence-corrected chi connectivity index (χ0v) is 21.8. The van der Waals surface area contributed by atoms with Gasteiger partial charge in [0.15, 0.2) is 11.5 Å². The number of rotatable bonds is 4. The van der Waals surface area contributed by atoms with Crippen molar-refractivity contribution >= 4 is 23.4 Å². The van der Waals surface area contributed by atoms with E-state index >= 15 is 0 Å². The predicted octanol–water partition coefficient (Wildman–Crippen LogP) is 2.33. The Kier molecular flexibility index (Phi) is 5.32. The first kappa shape index (κ1) is 23.8. The summed E-state index contributed by atoms with van der Waals surface area (Å²) in [7, 11) is 4.93. The first-order chi connectivity index (χ1) is 18.3. The van der Waals surface area contributed by atoms with Crippen LogP contribution in [0.2, 0.25) is 0 Å². The van der Waals surface area contributed by atoms with Gasteiger partial charge in [0, 0.05) is 25.2 Å². The van der Waals surface area contributed by atoms with Crippen LogP contribution in [0, 0.1) is 0 Å². The molecule has 2 atom stereocenters. The van der Waals surface area contributed by atoms with Crippen LogP contribution in [-0.4, -0.2) is 46.8 Å².